The monoisotopic (exact) mass is 243 g/mol. The minimum absolute atomic E-state index is 0. The Balaban J connectivity index is -0.0000000282. The van der Waals surface area contributed by atoms with Gasteiger partial charge in [-0.1, -0.05) is 13.3 Å². The third kappa shape index (κ3) is 38.4. The Bertz CT molecular complexity index is 127. The number of nitrogens with zero attached hydrogens (tertiary/aromatic N) is 1. The van der Waals surface area contributed by atoms with Gasteiger partial charge in [-0.2, -0.15) is 17.9 Å². The molecule has 0 aliphatic heterocycles. The van der Waals surface area contributed by atoms with Crippen LogP contribution >= 0.6 is 11.3 Å². The summed E-state index contributed by atoms with van der Waals surface area (Å²) in [6.45, 7) is 10.5. The van der Waals surface area contributed by atoms with Crippen LogP contribution in [0.15, 0.2) is 17.5 Å². The third-order valence-corrected chi connectivity index (χ3v) is 1.30. The van der Waals surface area contributed by atoms with E-state index in [9.17, 15) is 0 Å². The average molecular weight is 244 g/mol. The van der Waals surface area contributed by atoms with E-state index in [0.717, 1.165) is 6.42 Å². The molecule has 0 spiro atoms. The van der Waals surface area contributed by atoms with Crippen LogP contribution in [0.4, 0.5) is 0 Å². The van der Waals surface area contributed by atoms with E-state index >= 15 is 0 Å². The Kier molecular flexibility index (Phi) is 77.8. The second-order valence-electron chi connectivity index (χ2n) is 1.58. The number of unbranched alkanes of at least 4 members (excludes halogenated alkanes) is 1. The Morgan fingerprint density at radius 1 is 1.43 bits per heavy atom. The van der Waals surface area contributed by atoms with Crippen molar-refractivity contribution in [1.82, 2.24) is 0 Å². The molecular formula is C9H12CuLi2NS-3. The zero-order chi connectivity index (χ0) is 8.95. The first-order chi connectivity index (χ1) is 5.41. The van der Waals surface area contributed by atoms with E-state index in [1.165, 1.54) is 6.42 Å². The molecule has 5 heteroatoms. The fourth-order valence-electron chi connectivity index (χ4n) is 0.196. The molecular weight excluding hydrogens is 232 g/mol. The molecule has 75 valence electrons. The molecule has 0 bridgehead atoms. The third-order valence-electron chi connectivity index (χ3n) is 0.732. The zero-order valence-electron chi connectivity index (χ0n) is 9.01. The Morgan fingerprint density at radius 2 is 1.86 bits per heavy atom. The van der Waals surface area contributed by atoms with Gasteiger partial charge in [0.2, 0.25) is 0 Å². The maximum Gasteiger partial charge on any atom is 0 e. The van der Waals surface area contributed by atoms with Gasteiger partial charge in [-0.3, -0.25) is 0 Å². The molecule has 0 fully saturated rings. The van der Waals surface area contributed by atoms with Crippen molar-refractivity contribution in [3.8, 4) is 0 Å². The fourth-order valence-corrected chi connectivity index (χ4v) is 0.589. The van der Waals surface area contributed by atoms with Gasteiger partial charge in [-0.05, 0) is 0 Å². The molecule has 0 aromatic carbocycles. The molecule has 0 unspecified atom stereocenters. The summed E-state index contributed by atoms with van der Waals surface area (Å²) < 4.78 is 0. The largest absolute Gasteiger partial charge is 0.512 e. The van der Waals surface area contributed by atoms with E-state index in [4.69, 9.17) is 11.8 Å². The maximum atomic E-state index is 6.25. The predicted molar refractivity (Wildman–Crippen MR) is 59.9 cm³/mol. The molecule has 1 aromatic rings. The topological polar surface area (TPSA) is 23.8 Å². The van der Waals surface area contributed by atoms with E-state index in [2.05, 4.69) is 19.2 Å². The van der Waals surface area contributed by atoms with Crippen molar-refractivity contribution in [2.75, 3.05) is 0 Å². The van der Waals surface area contributed by atoms with Gasteiger partial charge in [0.1, 0.15) is 0 Å². The van der Waals surface area contributed by atoms with Crippen LogP contribution in [-0.4, -0.2) is 37.7 Å². The summed E-state index contributed by atoms with van der Waals surface area (Å²) in [5, 5.41) is 11.1. The van der Waals surface area contributed by atoms with Gasteiger partial charge < -0.3 is 30.1 Å². The Labute approximate surface area is 126 Å². The van der Waals surface area contributed by atoms with E-state index in [1.807, 2.05) is 17.5 Å². The van der Waals surface area contributed by atoms with Gasteiger partial charge >= 0.3 is 0 Å². The van der Waals surface area contributed by atoms with Crippen LogP contribution in [0.1, 0.15) is 19.8 Å². The minimum atomic E-state index is 0. The van der Waals surface area contributed by atoms with Crippen LogP contribution in [0, 0.1) is 24.1 Å². The Hall–Kier alpha value is 0.904. The first kappa shape index (κ1) is 29.4. The smallest absolute Gasteiger partial charge is 0 e. The molecule has 0 N–H and O–H groups in total. The molecule has 0 amide bonds. The minimum Gasteiger partial charge on any atom is -0.512 e. The van der Waals surface area contributed by atoms with Gasteiger partial charge in [0.05, 0.1) is 0 Å². The second-order valence-corrected chi connectivity index (χ2v) is 2.33. The summed E-state index contributed by atoms with van der Waals surface area (Å²) in [7, 11) is 0. The molecule has 0 aliphatic carbocycles. The van der Waals surface area contributed by atoms with Crippen LogP contribution < -0.4 is 0 Å². The van der Waals surface area contributed by atoms with Gasteiger partial charge in [0.25, 0.3) is 0 Å². The number of thiophene rings is 1. The van der Waals surface area contributed by atoms with Crippen LogP contribution in [0.3, 0.4) is 0 Å². The number of hydrogen-bond acceptors (Lipinski definition) is 2. The SMILES string of the molecule is [C-]#N.[CH2-]CCC.[Cu].[Li].[Li].[c-]1cccs1. The van der Waals surface area contributed by atoms with Crippen LogP contribution in [0.2, 0.25) is 0 Å². The second kappa shape index (κ2) is 37.1. The van der Waals surface area contributed by atoms with E-state index < -0.39 is 0 Å². The van der Waals surface area contributed by atoms with E-state index in [1.54, 1.807) is 11.3 Å². The van der Waals surface area contributed by atoms with Crippen molar-refractivity contribution < 1.29 is 17.1 Å². The molecule has 1 rings (SSSR count). The zero-order valence-corrected chi connectivity index (χ0v) is 10.8. The number of hydrogen-bond donors (Lipinski definition) is 0. The molecule has 1 aromatic heterocycles. The molecule has 1 heterocycles. The normalized spacial score (nSPS) is 5.14. The quantitative estimate of drug-likeness (QED) is 0.549. The summed E-state index contributed by atoms with van der Waals surface area (Å²) in [5.74, 6) is 0. The van der Waals surface area contributed by atoms with Crippen molar-refractivity contribution >= 4 is 49.1 Å². The summed E-state index contributed by atoms with van der Waals surface area (Å²) >= 11 is 1.59. The Morgan fingerprint density at radius 3 is 1.93 bits per heavy atom. The van der Waals surface area contributed by atoms with Gasteiger partial charge in [-0.15, -0.1) is 5.38 Å². The van der Waals surface area contributed by atoms with Crippen molar-refractivity contribution in [2.24, 2.45) is 0 Å². The number of rotatable bonds is 1. The van der Waals surface area contributed by atoms with Crippen molar-refractivity contribution in [3.63, 3.8) is 0 Å². The van der Waals surface area contributed by atoms with Crippen molar-refractivity contribution in [3.05, 3.63) is 36.4 Å². The standard InChI is InChI=1S/C4H3S.C4H9.CN.Cu.2Li/c1-2-4-5-3-1;1-3-4-2;1-2;;;/h1-3H;1,3-4H2,2H3;;;;/q3*-1;;;. The average Bonchev–Trinajstić information content (AvgIpc) is 2.65. The van der Waals surface area contributed by atoms with Gasteiger partial charge in [0, 0.05) is 54.8 Å². The first-order valence-corrected chi connectivity index (χ1v) is 4.21. The summed E-state index contributed by atoms with van der Waals surface area (Å²) in [5.41, 5.74) is 0. The molecule has 0 atom stereocenters. The summed E-state index contributed by atoms with van der Waals surface area (Å²) in [6, 6.07) is 3.86. The maximum absolute atomic E-state index is 6.25. The van der Waals surface area contributed by atoms with Crippen LogP contribution in [0.25, 0.3) is 0 Å². The van der Waals surface area contributed by atoms with Crippen molar-refractivity contribution in [2.45, 2.75) is 19.8 Å². The molecule has 3 radical (unpaired) electrons. The first-order valence-electron chi connectivity index (χ1n) is 3.33. The van der Waals surface area contributed by atoms with Crippen molar-refractivity contribution in [1.29, 1.82) is 5.26 Å². The van der Waals surface area contributed by atoms with Gasteiger partial charge in [-0.25, -0.2) is 6.07 Å². The summed E-state index contributed by atoms with van der Waals surface area (Å²) in [4.78, 5) is 0. The predicted octanol–water partition coefficient (Wildman–Crippen LogP) is 2.50. The molecule has 0 saturated carbocycles. The van der Waals surface area contributed by atoms with Crippen LogP contribution in [-0.2, 0) is 17.1 Å². The molecule has 1 nitrogen and oxygen atoms in total. The molecule has 0 aliphatic rings. The van der Waals surface area contributed by atoms with Crippen LogP contribution in [0.5, 0.6) is 0 Å². The molecule has 14 heavy (non-hydrogen) atoms. The molecule has 0 saturated heterocycles. The van der Waals surface area contributed by atoms with E-state index in [-0.39, 0.29) is 54.8 Å². The van der Waals surface area contributed by atoms with E-state index in [0.29, 0.717) is 0 Å². The summed E-state index contributed by atoms with van der Waals surface area (Å²) in [6.07, 6.45) is 2.28. The fraction of sp³-hybridized carbons (Fsp3) is 0.333. The van der Waals surface area contributed by atoms with Gasteiger partial charge in [0.15, 0.2) is 0 Å².